The van der Waals surface area contributed by atoms with Crippen LogP contribution in [0.4, 0.5) is 0 Å². The molecular formula is C28H44N2O6. The van der Waals surface area contributed by atoms with Gasteiger partial charge in [-0.15, -0.1) is 13.2 Å². The zero-order chi connectivity index (χ0) is 26.7. The van der Waals surface area contributed by atoms with Crippen molar-refractivity contribution in [2.45, 2.75) is 102 Å². The third kappa shape index (κ3) is 4.40. The highest BCUT2D eigenvalue weighted by molar-refractivity contribution is 5.98. The molecule has 3 rings (SSSR count). The number of carbonyl (C=O) groups is 3. The average molecular weight is 505 g/mol. The fraction of sp³-hybridized carbons (Fsp3) is 0.750. The number of amides is 2. The van der Waals surface area contributed by atoms with Gasteiger partial charge in [0.25, 0.3) is 0 Å². The minimum absolute atomic E-state index is 0.0551. The van der Waals surface area contributed by atoms with Crippen molar-refractivity contribution in [3.63, 3.8) is 0 Å². The summed E-state index contributed by atoms with van der Waals surface area (Å²) in [5.74, 6) is -2.55. The van der Waals surface area contributed by atoms with Gasteiger partial charge in [0.05, 0.1) is 30.8 Å². The molecule has 0 aromatic carbocycles. The Hall–Kier alpha value is -2.19. The molecule has 1 N–H and O–H groups in total. The van der Waals surface area contributed by atoms with Gasteiger partial charge in [-0.2, -0.15) is 0 Å². The predicted molar refractivity (Wildman–Crippen MR) is 137 cm³/mol. The minimum Gasteiger partial charge on any atom is -0.465 e. The Morgan fingerprint density at radius 3 is 2.56 bits per heavy atom. The second kappa shape index (κ2) is 11.5. The van der Waals surface area contributed by atoms with Crippen LogP contribution in [0.15, 0.2) is 25.3 Å². The topological polar surface area (TPSA) is 96.4 Å². The first-order chi connectivity index (χ1) is 17.2. The first kappa shape index (κ1) is 28.4. The molecule has 3 unspecified atom stereocenters. The van der Waals surface area contributed by atoms with E-state index in [1.54, 1.807) is 17.1 Å². The second-order valence-corrected chi connectivity index (χ2v) is 10.5. The van der Waals surface area contributed by atoms with Gasteiger partial charge in [0.2, 0.25) is 11.8 Å². The zero-order valence-electron chi connectivity index (χ0n) is 22.4. The van der Waals surface area contributed by atoms with Crippen molar-refractivity contribution >= 4 is 17.8 Å². The fourth-order valence-corrected chi connectivity index (χ4v) is 6.79. The van der Waals surface area contributed by atoms with Gasteiger partial charge in [0.1, 0.15) is 17.6 Å². The van der Waals surface area contributed by atoms with E-state index in [9.17, 15) is 19.5 Å². The van der Waals surface area contributed by atoms with Crippen LogP contribution in [0.1, 0.15) is 72.6 Å². The molecule has 8 heteroatoms. The van der Waals surface area contributed by atoms with Gasteiger partial charge in [0, 0.05) is 12.6 Å². The van der Waals surface area contributed by atoms with Crippen LogP contribution >= 0.6 is 0 Å². The van der Waals surface area contributed by atoms with E-state index in [2.05, 4.69) is 20.1 Å². The van der Waals surface area contributed by atoms with Crippen molar-refractivity contribution in [1.82, 2.24) is 9.80 Å². The van der Waals surface area contributed by atoms with Crippen molar-refractivity contribution in [1.29, 1.82) is 0 Å². The van der Waals surface area contributed by atoms with Crippen LogP contribution in [0.25, 0.3) is 0 Å². The maximum absolute atomic E-state index is 14.3. The summed E-state index contributed by atoms with van der Waals surface area (Å²) in [6.07, 6.45) is 7.72. The van der Waals surface area contributed by atoms with E-state index in [1.165, 1.54) is 4.90 Å². The van der Waals surface area contributed by atoms with Crippen LogP contribution in [0, 0.1) is 11.8 Å². The van der Waals surface area contributed by atoms with Gasteiger partial charge in [0.15, 0.2) is 0 Å². The van der Waals surface area contributed by atoms with Crippen molar-refractivity contribution in [3.05, 3.63) is 25.3 Å². The number of carbonyl (C=O) groups excluding carboxylic acids is 3. The number of fused-ring (bicyclic) bond motifs is 1. The highest BCUT2D eigenvalue weighted by Crippen LogP contribution is 2.65. The molecular weight excluding hydrogens is 460 g/mol. The van der Waals surface area contributed by atoms with Crippen LogP contribution in [-0.2, 0) is 23.9 Å². The summed E-state index contributed by atoms with van der Waals surface area (Å²) in [5.41, 5.74) is -1.96. The van der Waals surface area contributed by atoms with Gasteiger partial charge < -0.3 is 24.4 Å². The molecule has 1 spiro atoms. The first-order valence-electron chi connectivity index (χ1n) is 13.6. The molecule has 0 aliphatic carbocycles. The molecule has 3 aliphatic rings. The maximum Gasteiger partial charge on any atom is 0.312 e. The Balaban J connectivity index is 2.11. The Morgan fingerprint density at radius 2 is 2.00 bits per heavy atom. The van der Waals surface area contributed by atoms with Gasteiger partial charge >= 0.3 is 5.97 Å². The van der Waals surface area contributed by atoms with E-state index < -0.39 is 41.1 Å². The average Bonchev–Trinajstić information content (AvgIpc) is 3.47. The molecule has 36 heavy (non-hydrogen) atoms. The summed E-state index contributed by atoms with van der Waals surface area (Å²) in [6.45, 7) is 15.7. The third-order valence-corrected chi connectivity index (χ3v) is 8.60. The zero-order valence-corrected chi connectivity index (χ0v) is 22.4. The molecule has 0 aromatic rings. The summed E-state index contributed by atoms with van der Waals surface area (Å²) in [4.78, 5) is 45.2. The van der Waals surface area contributed by atoms with E-state index in [1.807, 2.05) is 20.8 Å². The lowest BCUT2D eigenvalue weighted by Crippen LogP contribution is -2.60. The molecule has 202 valence electrons. The number of ether oxygens (including phenoxy) is 2. The summed E-state index contributed by atoms with van der Waals surface area (Å²) >= 11 is 0. The minimum atomic E-state index is -1.12. The predicted octanol–water partition coefficient (Wildman–Crippen LogP) is 3.23. The van der Waals surface area contributed by atoms with E-state index >= 15 is 0 Å². The lowest BCUT2D eigenvalue weighted by Gasteiger charge is -2.41. The molecule has 7 atom stereocenters. The molecule has 2 bridgehead atoms. The number of rotatable bonds is 14. The van der Waals surface area contributed by atoms with Crippen molar-refractivity contribution in [2.24, 2.45) is 11.8 Å². The van der Waals surface area contributed by atoms with Gasteiger partial charge in [-0.3, -0.25) is 14.4 Å². The number of hydrogen-bond donors (Lipinski definition) is 1. The van der Waals surface area contributed by atoms with Crippen LogP contribution in [0.2, 0.25) is 0 Å². The van der Waals surface area contributed by atoms with Crippen molar-refractivity contribution < 1.29 is 29.0 Å². The van der Waals surface area contributed by atoms with Crippen LogP contribution < -0.4 is 0 Å². The lowest BCUT2D eigenvalue weighted by atomic mass is 9.65. The van der Waals surface area contributed by atoms with Crippen molar-refractivity contribution in [2.75, 3.05) is 19.8 Å². The molecule has 3 aliphatic heterocycles. The fourth-order valence-electron chi connectivity index (χ4n) is 6.79. The molecule has 3 saturated heterocycles. The number of esters is 1. The van der Waals surface area contributed by atoms with Gasteiger partial charge in [-0.05, 0) is 45.4 Å². The van der Waals surface area contributed by atoms with Crippen LogP contribution in [0.3, 0.4) is 0 Å². The Labute approximate surface area is 215 Å². The Kier molecular flexibility index (Phi) is 9.04. The standard InChI is InChI=1S/C28H44N2O6/c1-7-12-17-35-26(34)22-21-24(32)30(20(10-4)18-31)23(28(21)15-14-27(22,11-5)36-28)25(33)29(16-9-3)19(6)13-8-2/h7,9,19-23,31H,1,3,8,10-18H2,2,4-6H3/t19?,20-,21-,22-,23?,27+,28?/m0/s1. The van der Waals surface area contributed by atoms with Crippen LogP contribution in [0.5, 0.6) is 0 Å². The quantitative estimate of drug-likeness (QED) is 0.222. The highest BCUT2D eigenvalue weighted by atomic mass is 16.6. The van der Waals surface area contributed by atoms with Gasteiger partial charge in [-0.1, -0.05) is 39.3 Å². The Morgan fingerprint density at radius 1 is 1.28 bits per heavy atom. The summed E-state index contributed by atoms with van der Waals surface area (Å²) in [7, 11) is 0. The number of hydrogen-bond acceptors (Lipinski definition) is 6. The molecule has 0 saturated carbocycles. The highest BCUT2D eigenvalue weighted by Gasteiger charge is 2.79. The van der Waals surface area contributed by atoms with E-state index in [4.69, 9.17) is 9.47 Å². The molecule has 3 heterocycles. The molecule has 0 radical (unpaired) electrons. The molecule has 2 amide bonds. The number of nitrogens with zero attached hydrogens (tertiary/aromatic N) is 2. The normalized spacial score (nSPS) is 32.2. The first-order valence-corrected chi connectivity index (χ1v) is 13.6. The summed E-state index contributed by atoms with van der Waals surface area (Å²) < 4.78 is 12.3. The van der Waals surface area contributed by atoms with E-state index in [0.29, 0.717) is 38.6 Å². The summed E-state index contributed by atoms with van der Waals surface area (Å²) in [6, 6.07) is -1.51. The summed E-state index contributed by atoms with van der Waals surface area (Å²) in [5, 5.41) is 10.2. The number of aliphatic hydroxyl groups is 1. The Bertz CT molecular complexity index is 857. The molecule has 8 nitrogen and oxygen atoms in total. The largest absolute Gasteiger partial charge is 0.465 e. The third-order valence-electron chi connectivity index (χ3n) is 8.60. The second-order valence-electron chi connectivity index (χ2n) is 10.5. The smallest absolute Gasteiger partial charge is 0.312 e. The maximum atomic E-state index is 14.3. The van der Waals surface area contributed by atoms with Crippen LogP contribution in [-0.4, -0.2) is 81.8 Å². The van der Waals surface area contributed by atoms with Crippen molar-refractivity contribution in [3.8, 4) is 0 Å². The lowest BCUT2D eigenvalue weighted by molar-refractivity contribution is -0.164. The van der Waals surface area contributed by atoms with E-state index in [0.717, 1.165) is 12.8 Å². The SMILES string of the molecule is C=CCCOC(=O)[C@@H]1[C@H]2C(=O)N([C@@H](CC)CO)C(C(=O)N(CC=C)C(C)CCC)C23CC[C@@]1(CC)O3. The van der Waals surface area contributed by atoms with E-state index in [-0.39, 0.29) is 31.1 Å². The van der Waals surface area contributed by atoms with Gasteiger partial charge in [-0.25, -0.2) is 0 Å². The number of aliphatic hydroxyl groups excluding tert-OH is 1. The molecule has 0 aromatic heterocycles. The monoisotopic (exact) mass is 504 g/mol. The molecule has 3 fully saturated rings. The number of likely N-dealkylation sites (tertiary alicyclic amines) is 1.